The fourth-order valence-corrected chi connectivity index (χ4v) is 3.13. The molecule has 3 rings (SSSR count). The molecule has 4 nitrogen and oxygen atoms in total. The van der Waals surface area contributed by atoms with Crippen molar-refractivity contribution in [2.24, 2.45) is 0 Å². The molecular formula is C16H15FN2O2S. The summed E-state index contributed by atoms with van der Waals surface area (Å²) in [7, 11) is 0. The first kappa shape index (κ1) is 14.7. The molecule has 6 heteroatoms. The van der Waals surface area contributed by atoms with E-state index in [1.54, 1.807) is 19.1 Å². The SMILES string of the molecule is CC(O)(CNC(=O)c1c[nH]c2cccc(F)c12)c1cccs1. The molecule has 0 bridgehead atoms. The number of fused-ring (bicyclic) bond motifs is 1. The van der Waals surface area contributed by atoms with Crippen LogP contribution in [0.1, 0.15) is 22.2 Å². The number of nitrogens with one attached hydrogen (secondary N) is 2. The van der Waals surface area contributed by atoms with Gasteiger partial charge in [0.2, 0.25) is 0 Å². The van der Waals surface area contributed by atoms with E-state index in [9.17, 15) is 14.3 Å². The predicted molar refractivity (Wildman–Crippen MR) is 84.5 cm³/mol. The Morgan fingerprint density at radius 3 is 2.95 bits per heavy atom. The number of hydrogen-bond donors (Lipinski definition) is 3. The van der Waals surface area contributed by atoms with Crippen LogP contribution in [0, 0.1) is 5.82 Å². The van der Waals surface area contributed by atoms with Gasteiger partial charge in [-0.1, -0.05) is 12.1 Å². The molecule has 1 atom stereocenters. The van der Waals surface area contributed by atoms with E-state index >= 15 is 0 Å². The van der Waals surface area contributed by atoms with Gasteiger partial charge in [0.25, 0.3) is 5.91 Å². The summed E-state index contributed by atoms with van der Waals surface area (Å²) in [6.45, 7) is 1.68. The summed E-state index contributed by atoms with van der Waals surface area (Å²) >= 11 is 1.42. The second-order valence-electron chi connectivity index (χ2n) is 5.30. The molecule has 0 saturated carbocycles. The Morgan fingerprint density at radius 2 is 2.23 bits per heavy atom. The maximum absolute atomic E-state index is 13.9. The highest BCUT2D eigenvalue weighted by molar-refractivity contribution is 7.10. The number of hydrogen-bond acceptors (Lipinski definition) is 3. The Labute approximate surface area is 130 Å². The number of aromatic nitrogens is 1. The number of rotatable bonds is 4. The van der Waals surface area contributed by atoms with Crippen LogP contribution >= 0.6 is 11.3 Å². The molecule has 1 aromatic carbocycles. The van der Waals surface area contributed by atoms with E-state index in [1.165, 1.54) is 23.6 Å². The van der Waals surface area contributed by atoms with E-state index in [2.05, 4.69) is 10.3 Å². The Hall–Kier alpha value is -2.18. The lowest BCUT2D eigenvalue weighted by Crippen LogP contribution is -2.38. The van der Waals surface area contributed by atoms with Crippen molar-refractivity contribution in [2.75, 3.05) is 6.54 Å². The van der Waals surface area contributed by atoms with Crippen LogP contribution in [0.25, 0.3) is 10.9 Å². The fraction of sp³-hybridized carbons (Fsp3) is 0.188. The highest BCUT2D eigenvalue weighted by Gasteiger charge is 2.25. The number of amides is 1. The maximum Gasteiger partial charge on any atom is 0.253 e. The average Bonchev–Trinajstić information content (AvgIpc) is 3.15. The van der Waals surface area contributed by atoms with Crippen molar-refractivity contribution in [2.45, 2.75) is 12.5 Å². The molecule has 0 saturated heterocycles. The monoisotopic (exact) mass is 318 g/mol. The minimum atomic E-state index is -1.16. The summed E-state index contributed by atoms with van der Waals surface area (Å²) in [5.74, 6) is -0.873. The molecule has 0 aliphatic rings. The largest absolute Gasteiger partial charge is 0.383 e. The van der Waals surface area contributed by atoms with Crippen molar-refractivity contribution >= 4 is 28.1 Å². The van der Waals surface area contributed by atoms with Crippen LogP contribution in [0.4, 0.5) is 4.39 Å². The standard InChI is InChI=1S/C16H15FN2O2S/c1-16(21,13-6-3-7-22-13)9-19-15(20)10-8-18-12-5-2-4-11(17)14(10)12/h2-8,18,21H,9H2,1H3,(H,19,20). The molecule has 1 amide bonds. The van der Waals surface area contributed by atoms with E-state index in [-0.39, 0.29) is 17.5 Å². The molecule has 0 fully saturated rings. The summed E-state index contributed by atoms with van der Waals surface area (Å²) < 4.78 is 13.9. The molecule has 2 heterocycles. The lowest BCUT2D eigenvalue weighted by molar-refractivity contribution is 0.0557. The van der Waals surface area contributed by atoms with Gasteiger partial charge in [-0.05, 0) is 30.5 Å². The van der Waals surface area contributed by atoms with Gasteiger partial charge in [-0.25, -0.2) is 4.39 Å². The molecule has 0 aliphatic heterocycles. The van der Waals surface area contributed by atoms with E-state index in [0.717, 1.165) is 4.88 Å². The van der Waals surface area contributed by atoms with Gasteiger partial charge in [0.1, 0.15) is 11.4 Å². The zero-order chi connectivity index (χ0) is 15.7. The lowest BCUT2D eigenvalue weighted by atomic mass is 10.0. The van der Waals surface area contributed by atoms with Gasteiger partial charge in [-0.15, -0.1) is 11.3 Å². The topological polar surface area (TPSA) is 65.1 Å². The number of carbonyl (C=O) groups is 1. The third-order valence-corrected chi connectivity index (χ3v) is 4.67. The molecule has 3 aromatic rings. The van der Waals surface area contributed by atoms with Gasteiger partial charge < -0.3 is 15.4 Å². The third-order valence-electron chi connectivity index (χ3n) is 3.54. The second-order valence-corrected chi connectivity index (χ2v) is 6.25. The summed E-state index contributed by atoms with van der Waals surface area (Å²) in [6, 6.07) is 8.25. The number of thiophene rings is 1. The number of H-pyrrole nitrogens is 1. The predicted octanol–water partition coefficient (Wildman–Crippen LogP) is 3.01. The van der Waals surface area contributed by atoms with Crippen LogP contribution in [0.3, 0.4) is 0 Å². The van der Waals surface area contributed by atoms with Crippen LogP contribution in [-0.4, -0.2) is 22.5 Å². The van der Waals surface area contributed by atoms with E-state index in [4.69, 9.17) is 0 Å². The van der Waals surface area contributed by atoms with E-state index in [0.29, 0.717) is 5.52 Å². The third kappa shape index (κ3) is 2.63. The van der Waals surface area contributed by atoms with Crippen molar-refractivity contribution in [3.63, 3.8) is 0 Å². The highest BCUT2D eigenvalue weighted by Crippen LogP contribution is 2.25. The molecule has 1 unspecified atom stereocenters. The van der Waals surface area contributed by atoms with Crippen LogP contribution in [0.15, 0.2) is 41.9 Å². The van der Waals surface area contributed by atoms with Gasteiger partial charge in [-0.3, -0.25) is 4.79 Å². The zero-order valence-electron chi connectivity index (χ0n) is 11.9. The van der Waals surface area contributed by atoms with Crippen LogP contribution < -0.4 is 5.32 Å². The molecule has 0 spiro atoms. The van der Waals surface area contributed by atoms with Gasteiger partial charge in [-0.2, -0.15) is 0 Å². The van der Waals surface area contributed by atoms with Crippen LogP contribution in [0.2, 0.25) is 0 Å². The molecule has 2 aromatic heterocycles. The van der Waals surface area contributed by atoms with Crippen LogP contribution in [-0.2, 0) is 5.60 Å². The van der Waals surface area contributed by atoms with Crippen LogP contribution in [0.5, 0.6) is 0 Å². The fourth-order valence-electron chi connectivity index (χ4n) is 2.34. The van der Waals surface area contributed by atoms with Gasteiger partial charge in [0, 0.05) is 22.0 Å². The Kier molecular flexibility index (Phi) is 3.72. The van der Waals surface area contributed by atoms with E-state index < -0.39 is 17.3 Å². The molecule has 0 aliphatic carbocycles. The molecule has 3 N–H and O–H groups in total. The van der Waals surface area contributed by atoms with Gasteiger partial charge in [0.15, 0.2) is 0 Å². The van der Waals surface area contributed by atoms with Gasteiger partial charge in [0.05, 0.1) is 12.1 Å². The molecular weight excluding hydrogens is 303 g/mol. The summed E-state index contributed by atoms with van der Waals surface area (Å²) in [5.41, 5.74) is -0.362. The molecule has 114 valence electrons. The quantitative estimate of drug-likeness (QED) is 0.692. The number of benzene rings is 1. The van der Waals surface area contributed by atoms with Crippen molar-refractivity contribution in [1.82, 2.24) is 10.3 Å². The Balaban J connectivity index is 1.80. The maximum atomic E-state index is 13.9. The summed E-state index contributed by atoms with van der Waals surface area (Å²) in [5, 5.41) is 15.2. The first-order chi connectivity index (χ1) is 10.5. The number of halogens is 1. The lowest BCUT2D eigenvalue weighted by Gasteiger charge is -2.22. The average molecular weight is 318 g/mol. The van der Waals surface area contributed by atoms with E-state index in [1.807, 2.05) is 17.5 Å². The zero-order valence-corrected chi connectivity index (χ0v) is 12.7. The Morgan fingerprint density at radius 1 is 1.41 bits per heavy atom. The van der Waals surface area contributed by atoms with Gasteiger partial charge >= 0.3 is 0 Å². The summed E-state index contributed by atoms with van der Waals surface area (Å²) in [6.07, 6.45) is 1.48. The molecule has 22 heavy (non-hydrogen) atoms. The van der Waals surface area contributed by atoms with Crippen molar-refractivity contribution in [3.8, 4) is 0 Å². The molecule has 0 radical (unpaired) electrons. The second kappa shape index (κ2) is 5.55. The number of aromatic amines is 1. The first-order valence-corrected chi connectivity index (χ1v) is 7.67. The minimum Gasteiger partial charge on any atom is -0.383 e. The Bertz CT molecular complexity index is 809. The number of aliphatic hydroxyl groups is 1. The summed E-state index contributed by atoms with van der Waals surface area (Å²) in [4.78, 5) is 15.9. The van der Waals surface area contributed by atoms with Crippen molar-refractivity contribution in [1.29, 1.82) is 0 Å². The normalized spacial score (nSPS) is 14.0. The first-order valence-electron chi connectivity index (χ1n) is 6.79. The minimum absolute atomic E-state index is 0.0491. The smallest absolute Gasteiger partial charge is 0.253 e. The van der Waals surface area contributed by atoms with Crippen molar-refractivity contribution < 1.29 is 14.3 Å². The highest BCUT2D eigenvalue weighted by atomic mass is 32.1. The number of carbonyl (C=O) groups excluding carboxylic acids is 1. The van der Waals surface area contributed by atoms with Crippen molar-refractivity contribution in [3.05, 3.63) is 58.2 Å².